The van der Waals surface area contributed by atoms with Crippen LogP contribution in [0.4, 0.5) is 27.6 Å². The van der Waals surface area contributed by atoms with Crippen LogP contribution in [0.3, 0.4) is 0 Å². The number of piperazine rings is 1. The number of thioether (sulfide) groups is 1. The molecule has 0 bridgehead atoms. The maximum absolute atomic E-state index is 15.1. The van der Waals surface area contributed by atoms with Crippen molar-refractivity contribution in [3.05, 3.63) is 59.7 Å². The summed E-state index contributed by atoms with van der Waals surface area (Å²) in [6.07, 6.45) is -5.26. The smallest absolute Gasteiger partial charge is 0.383 e. The van der Waals surface area contributed by atoms with Crippen molar-refractivity contribution in [3.8, 4) is 11.1 Å². The fraction of sp³-hybridized carbons (Fsp3) is 0.429. The molecule has 4 atom stereocenters. The highest BCUT2D eigenvalue weighted by Crippen LogP contribution is 2.53. The van der Waals surface area contributed by atoms with Gasteiger partial charge in [-0.3, -0.25) is 4.79 Å². The zero-order valence-electron chi connectivity index (χ0n) is 22.6. The molecule has 220 valence electrons. The number of alkyl halides is 3. The van der Waals surface area contributed by atoms with Crippen LogP contribution in [0.1, 0.15) is 25.0 Å². The number of hydrogen-bond acceptors (Lipinski definition) is 7. The Morgan fingerprint density at radius 1 is 1.20 bits per heavy atom. The van der Waals surface area contributed by atoms with E-state index in [0.29, 0.717) is 0 Å². The van der Waals surface area contributed by atoms with Gasteiger partial charge < -0.3 is 24.5 Å². The van der Waals surface area contributed by atoms with E-state index in [-0.39, 0.29) is 65.4 Å². The van der Waals surface area contributed by atoms with Gasteiger partial charge in [-0.05, 0) is 38.1 Å². The molecule has 2 aromatic rings. The third kappa shape index (κ3) is 4.97. The van der Waals surface area contributed by atoms with Crippen molar-refractivity contribution in [1.82, 2.24) is 9.80 Å². The van der Waals surface area contributed by atoms with Crippen molar-refractivity contribution in [2.75, 3.05) is 37.5 Å². The van der Waals surface area contributed by atoms with Crippen LogP contribution in [0.25, 0.3) is 11.1 Å². The van der Waals surface area contributed by atoms with E-state index in [0.717, 1.165) is 36.0 Å². The van der Waals surface area contributed by atoms with E-state index < -0.39 is 46.9 Å². The Balaban J connectivity index is 1.75. The monoisotopic (exact) mass is 596 g/mol. The lowest BCUT2D eigenvalue weighted by atomic mass is 9.92. The third-order valence-corrected chi connectivity index (χ3v) is 8.82. The average molecular weight is 597 g/mol. The summed E-state index contributed by atoms with van der Waals surface area (Å²) in [5, 5.41) is 11.3. The van der Waals surface area contributed by atoms with Crippen LogP contribution >= 0.6 is 11.8 Å². The minimum atomic E-state index is -4.97. The number of aliphatic hydroxyl groups excluding tert-OH is 1. The number of benzene rings is 2. The van der Waals surface area contributed by atoms with Gasteiger partial charge in [-0.1, -0.05) is 12.6 Å². The van der Waals surface area contributed by atoms with Crippen LogP contribution in [-0.4, -0.2) is 83.7 Å². The second-order valence-corrected chi connectivity index (χ2v) is 11.3. The molecule has 2 aromatic carbocycles. The maximum Gasteiger partial charge on any atom is 0.417 e. The van der Waals surface area contributed by atoms with E-state index in [2.05, 4.69) is 11.6 Å². The number of amidine groups is 1. The first-order valence-electron chi connectivity index (χ1n) is 13.0. The standard InChI is InChI=1S/C28H29F5N4O3S/c1-5-21(38)36-14(2)10-35(11-15(36)3)26-17-9-18(28(31,32)33)22(23-19(29)7-6-8-20(23)30)25-24(17)37(27(39)34-26)16(12-40-4)13-41-25/h5-9,14-16,27,39H,1,10-13H2,2-4H3/t14-,15+,16-,27?/m0/s1. The molecule has 0 aliphatic carbocycles. The topological polar surface area (TPSA) is 68.6 Å². The SMILES string of the molecule is C=CC(=O)N1[C@H](C)CN(C2=NC(O)N3c4c2cc(C(F)(F)F)c(-c2c(F)cccc2F)c4SC[C@@H]3COC)C[C@@H]1C. The van der Waals surface area contributed by atoms with Gasteiger partial charge in [0.05, 0.1) is 29.5 Å². The molecular formula is C28H29F5N4O3S. The molecule has 0 spiro atoms. The molecule has 1 unspecified atom stereocenters. The predicted octanol–water partition coefficient (Wildman–Crippen LogP) is 4.72. The predicted molar refractivity (Wildman–Crippen MR) is 146 cm³/mol. The third-order valence-electron chi connectivity index (χ3n) is 7.58. The van der Waals surface area contributed by atoms with E-state index in [1.165, 1.54) is 18.1 Å². The molecule has 1 fully saturated rings. The van der Waals surface area contributed by atoms with Gasteiger partial charge in [0.15, 0.2) is 0 Å². The van der Waals surface area contributed by atoms with E-state index >= 15 is 8.78 Å². The van der Waals surface area contributed by atoms with Gasteiger partial charge in [-0.15, -0.1) is 11.8 Å². The maximum atomic E-state index is 15.1. The number of amides is 1. The molecule has 3 aliphatic rings. The number of anilines is 1. The van der Waals surface area contributed by atoms with Crippen molar-refractivity contribution < 1.29 is 36.6 Å². The van der Waals surface area contributed by atoms with Gasteiger partial charge in [0.25, 0.3) is 0 Å². The summed E-state index contributed by atoms with van der Waals surface area (Å²) in [5.74, 6) is -2.24. The van der Waals surface area contributed by atoms with E-state index in [1.54, 1.807) is 23.6 Å². The summed E-state index contributed by atoms with van der Waals surface area (Å²) < 4.78 is 79.5. The Morgan fingerprint density at radius 2 is 1.83 bits per heavy atom. The van der Waals surface area contributed by atoms with Crippen molar-refractivity contribution in [3.63, 3.8) is 0 Å². The second kappa shape index (κ2) is 10.9. The fourth-order valence-corrected chi connectivity index (χ4v) is 7.34. The normalized spacial score (nSPS) is 24.2. The highest BCUT2D eigenvalue weighted by Gasteiger charge is 2.46. The van der Waals surface area contributed by atoms with Crippen LogP contribution in [0, 0.1) is 11.6 Å². The van der Waals surface area contributed by atoms with E-state index in [9.17, 15) is 23.1 Å². The lowest BCUT2D eigenvalue weighted by molar-refractivity contribution is -0.137. The van der Waals surface area contributed by atoms with Crippen LogP contribution in [0.5, 0.6) is 0 Å². The summed E-state index contributed by atoms with van der Waals surface area (Å²) in [5.41, 5.74) is -2.33. The van der Waals surface area contributed by atoms with Gasteiger partial charge in [-0.25, -0.2) is 13.8 Å². The highest BCUT2D eigenvalue weighted by molar-refractivity contribution is 7.99. The molecular weight excluding hydrogens is 567 g/mol. The first-order valence-corrected chi connectivity index (χ1v) is 14.0. The Hall–Kier alpha value is -3.16. The van der Waals surface area contributed by atoms with Gasteiger partial charge in [0, 0.05) is 54.1 Å². The summed E-state index contributed by atoms with van der Waals surface area (Å²) in [4.78, 5) is 21.7. The molecule has 1 N–H and O–H groups in total. The molecule has 5 rings (SSSR count). The first kappa shape index (κ1) is 29.3. The Morgan fingerprint density at radius 3 is 2.39 bits per heavy atom. The minimum absolute atomic E-state index is 0.000744. The van der Waals surface area contributed by atoms with Crippen molar-refractivity contribution in [2.45, 2.75) is 49.4 Å². The van der Waals surface area contributed by atoms with Gasteiger partial charge in [0.2, 0.25) is 12.3 Å². The lowest BCUT2D eigenvalue weighted by Gasteiger charge is -2.49. The van der Waals surface area contributed by atoms with Crippen molar-refractivity contribution in [1.29, 1.82) is 0 Å². The quantitative estimate of drug-likeness (QED) is 0.407. The zero-order valence-corrected chi connectivity index (χ0v) is 23.4. The number of aliphatic imine (C=N–C) groups is 1. The molecule has 3 heterocycles. The van der Waals surface area contributed by atoms with Gasteiger partial charge in [-0.2, -0.15) is 13.2 Å². The molecule has 3 aliphatic heterocycles. The second-order valence-electron chi connectivity index (χ2n) is 10.3. The van der Waals surface area contributed by atoms with Crippen LogP contribution < -0.4 is 4.90 Å². The molecule has 0 aromatic heterocycles. The molecule has 13 heteroatoms. The number of carbonyl (C=O) groups excluding carboxylic acids is 1. The number of ether oxygens (including phenoxy) is 1. The summed E-state index contributed by atoms with van der Waals surface area (Å²) in [6.45, 7) is 7.75. The fourth-order valence-electron chi connectivity index (χ4n) is 6.02. The van der Waals surface area contributed by atoms with Gasteiger partial charge >= 0.3 is 6.18 Å². The van der Waals surface area contributed by atoms with Crippen LogP contribution in [0.2, 0.25) is 0 Å². The number of methoxy groups -OCH3 is 1. The summed E-state index contributed by atoms with van der Waals surface area (Å²) in [7, 11) is 1.46. The Labute approximate surface area is 238 Å². The van der Waals surface area contributed by atoms with Crippen LogP contribution in [0.15, 0.2) is 46.8 Å². The summed E-state index contributed by atoms with van der Waals surface area (Å²) >= 11 is 1.03. The largest absolute Gasteiger partial charge is 0.417 e. The number of aliphatic hydroxyl groups is 1. The molecule has 7 nitrogen and oxygen atoms in total. The minimum Gasteiger partial charge on any atom is -0.383 e. The van der Waals surface area contributed by atoms with Gasteiger partial charge in [0.1, 0.15) is 17.5 Å². The highest BCUT2D eigenvalue weighted by atomic mass is 32.2. The summed E-state index contributed by atoms with van der Waals surface area (Å²) in [6, 6.07) is 2.62. The molecule has 0 saturated carbocycles. The van der Waals surface area contributed by atoms with Crippen molar-refractivity contribution in [2.24, 2.45) is 4.99 Å². The molecule has 41 heavy (non-hydrogen) atoms. The molecule has 1 amide bonds. The first-order chi connectivity index (χ1) is 19.4. The van der Waals surface area contributed by atoms with E-state index in [1.807, 2.05) is 0 Å². The zero-order chi connectivity index (χ0) is 29.8. The van der Waals surface area contributed by atoms with Crippen molar-refractivity contribution >= 4 is 29.2 Å². The molecule has 1 saturated heterocycles. The Bertz CT molecular complexity index is 1390. The average Bonchev–Trinajstić information content (AvgIpc) is 2.90. The van der Waals surface area contributed by atoms with Crippen LogP contribution in [-0.2, 0) is 15.7 Å². The Kier molecular flexibility index (Phi) is 7.81. The number of rotatable bonds is 4. The number of halogens is 5. The molecule has 0 radical (unpaired) electrons. The number of nitrogens with zero attached hydrogens (tertiary/aromatic N) is 4. The van der Waals surface area contributed by atoms with E-state index in [4.69, 9.17) is 4.74 Å². The number of carbonyl (C=O) groups is 1. The number of hydrogen-bond donors (Lipinski definition) is 1. The lowest BCUT2D eigenvalue weighted by Crippen LogP contribution is -2.61.